The van der Waals surface area contributed by atoms with Gasteiger partial charge in [-0.3, -0.25) is 4.79 Å². The number of carbonyl (C=O) groups is 2. The minimum atomic E-state index is -0.479. The number of thioether (sulfide) groups is 1. The summed E-state index contributed by atoms with van der Waals surface area (Å²) in [5.74, 6) is 0.0764. The summed E-state index contributed by atoms with van der Waals surface area (Å²) in [6.45, 7) is 2.45. The fraction of sp³-hybridized carbons (Fsp3) is 0.333. The predicted octanol–water partition coefficient (Wildman–Crippen LogP) is 4.01. The summed E-state index contributed by atoms with van der Waals surface area (Å²) < 4.78 is 10.4. The van der Waals surface area contributed by atoms with Gasteiger partial charge in [-0.25, -0.2) is 4.79 Å². The third-order valence-electron chi connectivity index (χ3n) is 2.99. The molecular weight excluding hydrogens is 397 g/mol. The molecule has 0 bridgehead atoms. The van der Waals surface area contributed by atoms with E-state index in [-0.39, 0.29) is 31.4 Å². The van der Waals surface area contributed by atoms with Crippen molar-refractivity contribution in [3.8, 4) is 5.75 Å². The van der Waals surface area contributed by atoms with E-state index in [1.807, 2.05) is 0 Å². The van der Waals surface area contributed by atoms with Crippen LogP contribution in [0.3, 0.4) is 0 Å². The van der Waals surface area contributed by atoms with E-state index >= 15 is 0 Å². The summed E-state index contributed by atoms with van der Waals surface area (Å²) >= 11 is 19.1. The van der Waals surface area contributed by atoms with Crippen LogP contribution in [0.5, 0.6) is 5.75 Å². The Morgan fingerprint density at radius 1 is 1.29 bits per heavy atom. The van der Waals surface area contributed by atoms with Gasteiger partial charge in [-0.05, 0) is 13.0 Å². The third kappa shape index (κ3) is 4.96. The molecule has 0 saturated carbocycles. The molecule has 1 aliphatic rings. The minimum Gasteiger partial charge on any atom is -0.490 e. The number of benzene rings is 1. The van der Waals surface area contributed by atoms with Crippen molar-refractivity contribution in [3.63, 3.8) is 0 Å². The molecule has 1 fully saturated rings. The molecular formula is C15H14Cl3NO4S. The van der Waals surface area contributed by atoms with Gasteiger partial charge in [0.2, 0.25) is 5.91 Å². The second-order valence-corrected chi connectivity index (χ2v) is 6.83. The summed E-state index contributed by atoms with van der Waals surface area (Å²) in [5, 5.41) is 1.53. The first-order valence-electron chi connectivity index (χ1n) is 7.01. The van der Waals surface area contributed by atoms with E-state index in [9.17, 15) is 9.59 Å². The first-order chi connectivity index (χ1) is 11.4. The van der Waals surface area contributed by atoms with Gasteiger partial charge < -0.3 is 14.4 Å². The van der Waals surface area contributed by atoms with Gasteiger partial charge in [0.15, 0.2) is 0 Å². The minimum absolute atomic E-state index is 0.0978. The average molecular weight is 411 g/mol. The number of nitrogens with zero attached hydrogens (tertiary/aromatic N) is 1. The maximum Gasteiger partial charge on any atom is 0.333 e. The summed E-state index contributed by atoms with van der Waals surface area (Å²) in [7, 11) is 0. The normalized spacial score (nSPS) is 15.9. The smallest absolute Gasteiger partial charge is 0.333 e. The molecule has 0 unspecified atom stereocenters. The monoisotopic (exact) mass is 409 g/mol. The van der Waals surface area contributed by atoms with E-state index in [0.717, 1.165) is 0 Å². The lowest BCUT2D eigenvalue weighted by Gasteiger charge is -2.17. The van der Waals surface area contributed by atoms with Crippen LogP contribution in [-0.2, 0) is 14.3 Å². The number of carbonyl (C=O) groups excluding carboxylic acids is 2. The molecule has 0 atom stereocenters. The Hall–Kier alpha value is -1.08. The van der Waals surface area contributed by atoms with Crippen LogP contribution in [0.15, 0.2) is 23.2 Å². The van der Waals surface area contributed by atoms with Gasteiger partial charge in [0.25, 0.3) is 0 Å². The highest BCUT2D eigenvalue weighted by Gasteiger charge is 2.27. The molecule has 5 nitrogen and oxygen atoms in total. The Kier molecular flexibility index (Phi) is 7.10. The molecule has 1 saturated heterocycles. The van der Waals surface area contributed by atoms with Crippen molar-refractivity contribution in [2.45, 2.75) is 6.92 Å². The van der Waals surface area contributed by atoms with Gasteiger partial charge in [-0.15, -0.1) is 0 Å². The molecule has 0 radical (unpaired) electrons. The van der Waals surface area contributed by atoms with Gasteiger partial charge in [-0.2, -0.15) is 0 Å². The first-order valence-corrected chi connectivity index (χ1v) is 9.13. The Morgan fingerprint density at radius 2 is 2.00 bits per heavy atom. The van der Waals surface area contributed by atoms with Crippen LogP contribution < -0.4 is 4.74 Å². The van der Waals surface area contributed by atoms with Crippen LogP contribution in [0.2, 0.25) is 15.1 Å². The second-order valence-electron chi connectivity index (χ2n) is 4.61. The van der Waals surface area contributed by atoms with Crippen LogP contribution in [0.1, 0.15) is 6.92 Å². The number of hydrogen-bond acceptors (Lipinski definition) is 5. The average Bonchev–Trinajstić information content (AvgIpc) is 2.85. The molecule has 0 aromatic heterocycles. The van der Waals surface area contributed by atoms with E-state index < -0.39 is 5.97 Å². The van der Waals surface area contributed by atoms with Crippen LogP contribution in [0.4, 0.5) is 0 Å². The van der Waals surface area contributed by atoms with Gasteiger partial charge in [0.1, 0.15) is 12.4 Å². The predicted molar refractivity (Wildman–Crippen MR) is 95.9 cm³/mol. The zero-order valence-electron chi connectivity index (χ0n) is 12.7. The fourth-order valence-corrected chi connectivity index (χ4v) is 3.46. The van der Waals surface area contributed by atoms with Crippen molar-refractivity contribution >= 4 is 58.4 Å². The zero-order valence-corrected chi connectivity index (χ0v) is 15.8. The highest BCUT2D eigenvalue weighted by atomic mass is 35.5. The molecule has 130 valence electrons. The van der Waals surface area contributed by atoms with Gasteiger partial charge in [0, 0.05) is 6.07 Å². The number of rotatable bonds is 6. The van der Waals surface area contributed by atoms with Gasteiger partial charge in [0.05, 0.1) is 45.1 Å². The van der Waals surface area contributed by atoms with Crippen molar-refractivity contribution in [1.29, 1.82) is 0 Å². The van der Waals surface area contributed by atoms with Crippen LogP contribution in [-0.4, -0.2) is 42.3 Å². The molecule has 1 aromatic rings. The molecule has 1 amide bonds. The van der Waals surface area contributed by atoms with Crippen LogP contribution in [0, 0.1) is 0 Å². The fourth-order valence-electron chi connectivity index (χ4n) is 1.92. The maximum atomic E-state index is 11.9. The highest BCUT2D eigenvalue weighted by molar-refractivity contribution is 8.04. The lowest BCUT2D eigenvalue weighted by molar-refractivity contribution is -0.137. The molecule has 1 heterocycles. The molecule has 24 heavy (non-hydrogen) atoms. The summed E-state index contributed by atoms with van der Waals surface area (Å²) in [4.78, 5) is 24.9. The van der Waals surface area contributed by atoms with E-state index in [4.69, 9.17) is 44.3 Å². The van der Waals surface area contributed by atoms with E-state index in [1.54, 1.807) is 6.92 Å². The second kappa shape index (κ2) is 8.85. The molecule has 9 heteroatoms. The number of hydrogen-bond donors (Lipinski definition) is 0. The van der Waals surface area contributed by atoms with E-state index in [0.29, 0.717) is 25.8 Å². The van der Waals surface area contributed by atoms with E-state index in [2.05, 4.69) is 0 Å². The Morgan fingerprint density at radius 3 is 2.71 bits per heavy atom. The van der Waals surface area contributed by atoms with Crippen molar-refractivity contribution in [3.05, 3.63) is 38.3 Å². The topological polar surface area (TPSA) is 55.8 Å². The maximum absolute atomic E-state index is 11.9. The summed E-state index contributed by atoms with van der Waals surface area (Å²) in [5.41, 5.74) is 0. The van der Waals surface area contributed by atoms with Crippen LogP contribution >= 0.6 is 46.6 Å². The van der Waals surface area contributed by atoms with Crippen molar-refractivity contribution in [2.24, 2.45) is 0 Å². The molecule has 2 rings (SSSR count). The van der Waals surface area contributed by atoms with Crippen LogP contribution in [0.25, 0.3) is 0 Å². The lowest BCUT2D eigenvalue weighted by Crippen LogP contribution is -2.29. The van der Waals surface area contributed by atoms with Crippen molar-refractivity contribution in [2.75, 3.05) is 25.5 Å². The summed E-state index contributed by atoms with van der Waals surface area (Å²) in [6.07, 6.45) is 1.31. The first kappa shape index (κ1) is 19.2. The Balaban J connectivity index is 1.98. The van der Waals surface area contributed by atoms with Crippen molar-refractivity contribution in [1.82, 2.24) is 4.90 Å². The molecule has 0 N–H and O–H groups in total. The SMILES string of the molecule is CCOC(=O)/C=C1\SCC(=O)N1CCOc1cc(Cl)c(Cl)cc1Cl. The molecule has 0 spiro atoms. The summed E-state index contributed by atoms with van der Waals surface area (Å²) in [6, 6.07) is 3.01. The van der Waals surface area contributed by atoms with Gasteiger partial charge in [-0.1, -0.05) is 46.6 Å². The lowest BCUT2D eigenvalue weighted by atomic mass is 10.3. The molecule has 1 aromatic carbocycles. The molecule has 0 aliphatic carbocycles. The Labute approximate surface area is 158 Å². The van der Waals surface area contributed by atoms with Gasteiger partial charge >= 0.3 is 5.97 Å². The molecule has 1 aliphatic heterocycles. The quantitative estimate of drug-likeness (QED) is 0.403. The van der Waals surface area contributed by atoms with Crippen molar-refractivity contribution < 1.29 is 19.1 Å². The number of esters is 1. The Bertz CT molecular complexity index is 681. The third-order valence-corrected chi connectivity index (χ3v) is 5.03. The number of halogens is 3. The number of ether oxygens (including phenoxy) is 2. The number of amides is 1. The highest BCUT2D eigenvalue weighted by Crippen LogP contribution is 2.34. The standard InChI is InChI=1S/C15H14Cl3NO4S/c1-2-22-15(21)7-14-19(13(20)8-24-14)3-4-23-12-6-10(17)9(16)5-11(12)18/h5-7H,2-4,8H2,1H3/b14-7-. The largest absolute Gasteiger partial charge is 0.490 e. The zero-order chi connectivity index (χ0) is 17.7. The van der Waals surface area contributed by atoms with E-state index in [1.165, 1.54) is 34.9 Å².